The molecule has 2 aliphatic rings. The zero-order chi connectivity index (χ0) is 20.4. The van der Waals surface area contributed by atoms with Crippen LogP contribution >= 0.6 is 0 Å². The molecule has 0 N–H and O–H groups in total. The van der Waals surface area contributed by atoms with E-state index < -0.39 is 33.3 Å². The van der Waals surface area contributed by atoms with Gasteiger partial charge in [-0.15, -0.1) is 0 Å². The molecule has 0 radical (unpaired) electrons. The van der Waals surface area contributed by atoms with Crippen LogP contribution in [0.5, 0.6) is 0 Å². The standard InChI is InChI=1S/C18H33N3O5S/c1-13(2)16(18(23)26-5)20(4)17(22)14-11-21(12-14)27(24,25)15-9-7-6-8-10-19(15)3/h13-16H,6-12H2,1-5H3/t15-,16+/m1/s1. The van der Waals surface area contributed by atoms with Crippen LogP contribution in [0, 0.1) is 11.8 Å². The van der Waals surface area contributed by atoms with E-state index in [0.29, 0.717) is 6.42 Å². The van der Waals surface area contributed by atoms with Gasteiger partial charge in [0.2, 0.25) is 15.9 Å². The molecule has 0 aromatic rings. The number of ether oxygens (including phenoxy) is 1. The minimum atomic E-state index is -3.45. The number of hydrogen-bond acceptors (Lipinski definition) is 6. The highest BCUT2D eigenvalue weighted by molar-refractivity contribution is 7.89. The first-order chi connectivity index (χ1) is 12.6. The predicted molar refractivity (Wildman–Crippen MR) is 102 cm³/mol. The van der Waals surface area contributed by atoms with Gasteiger partial charge >= 0.3 is 5.97 Å². The number of carbonyl (C=O) groups excluding carboxylic acids is 2. The molecular formula is C18H33N3O5S. The lowest BCUT2D eigenvalue weighted by molar-refractivity contribution is -0.156. The molecule has 2 aliphatic heterocycles. The quantitative estimate of drug-likeness (QED) is 0.608. The summed E-state index contributed by atoms with van der Waals surface area (Å²) in [7, 11) is 1.29. The van der Waals surface area contributed by atoms with Crippen molar-refractivity contribution in [1.82, 2.24) is 14.1 Å². The first-order valence-electron chi connectivity index (χ1n) is 9.65. The number of methoxy groups -OCH3 is 1. The third kappa shape index (κ3) is 4.63. The average Bonchev–Trinajstić information content (AvgIpc) is 2.77. The number of likely N-dealkylation sites (tertiary alicyclic amines) is 1. The van der Waals surface area contributed by atoms with E-state index in [0.717, 1.165) is 25.8 Å². The number of amides is 1. The van der Waals surface area contributed by atoms with E-state index in [1.54, 1.807) is 7.05 Å². The monoisotopic (exact) mass is 403 g/mol. The van der Waals surface area contributed by atoms with Crippen LogP contribution in [0.25, 0.3) is 0 Å². The highest BCUT2D eigenvalue weighted by Crippen LogP contribution is 2.29. The Morgan fingerprint density at radius 3 is 2.33 bits per heavy atom. The molecule has 0 aromatic carbocycles. The third-order valence-corrected chi connectivity index (χ3v) is 7.99. The van der Waals surface area contributed by atoms with Gasteiger partial charge in [-0.05, 0) is 32.4 Å². The molecule has 9 heteroatoms. The normalized spacial score (nSPS) is 24.1. The Morgan fingerprint density at radius 1 is 1.15 bits per heavy atom. The largest absolute Gasteiger partial charge is 0.467 e. The third-order valence-electron chi connectivity index (χ3n) is 5.69. The summed E-state index contributed by atoms with van der Waals surface area (Å²) in [5.41, 5.74) is 0. The Labute approximate surface area is 162 Å². The Hall–Kier alpha value is -1.19. The molecule has 0 aromatic heterocycles. The second-order valence-electron chi connectivity index (χ2n) is 8.00. The van der Waals surface area contributed by atoms with Crippen molar-refractivity contribution in [3.8, 4) is 0 Å². The van der Waals surface area contributed by atoms with Crippen LogP contribution in [0.15, 0.2) is 0 Å². The van der Waals surface area contributed by atoms with Gasteiger partial charge < -0.3 is 9.64 Å². The molecule has 1 amide bonds. The molecule has 8 nitrogen and oxygen atoms in total. The van der Waals surface area contributed by atoms with E-state index in [4.69, 9.17) is 4.74 Å². The van der Waals surface area contributed by atoms with E-state index in [-0.39, 0.29) is 24.9 Å². The summed E-state index contributed by atoms with van der Waals surface area (Å²) >= 11 is 0. The SMILES string of the molecule is COC(=O)[C@H](C(C)C)N(C)C(=O)C1CN(S(=O)(=O)[C@@H]2CCCCCN2C)C1. The first-order valence-corrected chi connectivity index (χ1v) is 11.1. The fourth-order valence-corrected chi connectivity index (χ4v) is 6.14. The zero-order valence-electron chi connectivity index (χ0n) is 17.1. The number of sulfonamides is 1. The lowest BCUT2D eigenvalue weighted by Crippen LogP contribution is -2.61. The Kier molecular flexibility index (Phi) is 7.27. The molecule has 0 bridgehead atoms. The highest BCUT2D eigenvalue weighted by Gasteiger charge is 2.46. The van der Waals surface area contributed by atoms with Crippen LogP contribution in [0.3, 0.4) is 0 Å². The number of rotatable bonds is 6. The van der Waals surface area contributed by atoms with Gasteiger partial charge in [-0.2, -0.15) is 4.31 Å². The van der Waals surface area contributed by atoms with E-state index in [1.165, 1.54) is 16.3 Å². The van der Waals surface area contributed by atoms with Crippen molar-refractivity contribution in [1.29, 1.82) is 0 Å². The van der Waals surface area contributed by atoms with Crippen molar-refractivity contribution < 1.29 is 22.7 Å². The molecule has 0 saturated carbocycles. The summed E-state index contributed by atoms with van der Waals surface area (Å²) in [6, 6.07) is -0.666. The summed E-state index contributed by atoms with van der Waals surface area (Å²) in [6.07, 6.45) is 3.60. The van der Waals surface area contributed by atoms with Crippen molar-refractivity contribution in [3.63, 3.8) is 0 Å². The molecule has 156 valence electrons. The summed E-state index contributed by atoms with van der Waals surface area (Å²) in [5.74, 6) is -1.16. The topological polar surface area (TPSA) is 87.2 Å². The van der Waals surface area contributed by atoms with E-state index in [9.17, 15) is 18.0 Å². The van der Waals surface area contributed by atoms with Crippen LogP contribution in [-0.4, -0.2) is 86.7 Å². The lowest BCUT2D eigenvalue weighted by Gasteiger charge is -2.43. The number of nitrogens with zero attached hydrogens (tertiary/aromatic N) is 3. The van der Waals surface area contributed by atoms with Crippen LogP contribution in [-0.2, 0) is 24.3 Å². The second kappa shape index (κ2) is 8.87. The predicted octanol–water partition coefficient (Wildman–Crippen LogP) is 0.736. The molecule has 0 spiro atoms. The van der Waals surface area contributed by atoms with Gasteiger partial charge in [0, 0.05) is 20.1 Å². The van der Waals surface area contributed by atoms with Crippen molar-refractivity contribution in [2.45, 2.75) is 50.9 Å². The smallest absolute Gasteiger partial charge is 0.328 e. The van der Waals surface area contributed by atoms with E-state index in [1.807, 2.05) is 25.8 Å². The van der Waals surface area contributed by atoms with Gasteiger partial charge in [0.25, 0.3) is 0 Å². The Bertz CT molecular complexity index is 645. The molecule has 2 heterocycles. The average molecular weight is 404 g/mol. The van der Waals surface area contributed by atoms with Gasteiger partial charge in [0.15, 0.2) is 0 Å². The molecule has 2 fully saturated rings. The van der Waals surface area contributed by atoms with E-state index >= 15 is 0 Å². The van der Waals surface area contributed by atoms with E-state index in [2.05, 4.69) is 0 Å². The number of hydrogen-bond donors (Lipinski definition) is 0. The summed E-state index contributed by atoms with van der Waals surface area (Å²) in [5, 5.41) is -0.507. The Balaban J connectivity index is 2.01. The summed E-state index contributed by atoms with van der Waals surface area (Å²) in [6.45, 7) is 4.84. The maximum atomic E-state index is 13.0. The van der Waals surface area contributed by atoms with Crippen LogP contribution in [0.4, 0.5) is 0 Å². The number of likely N-dealkylation sites (N-methyl/N-ethyl adjacent to an activating group) is 1. The first kappa shape index (κ1) is 22.1. The van der Waals surface area contributed by atoms with Crippen LogP contribution in [0.1, 0.15) is 39.5 Å². The molecule has 27 heavy (non-hydrogen) atoms. The van der Waals surface area contributed by atoms with Crippen molar-refractivity contribution in [2.75, 3.05) is 40.8 Å². The molecule has 2 saturated heterocycles. The van der Waals surface area contributed by atoms with Gasteiger partial charge in [0.1, 0.15) is 11.4 Å². The fraction of sp³-hybridized carbons (Fsp3) is 0.889. The second-order valence-corrected chi connectivity index (χ2v) is 10.1. The van der Waals surface area contributed by atoms with Crippen LogP contribution in [0.2, 0.25) is 0 Å². The van der Waals surface area contributed by atoms with Gasteiger partial charge in [-0.1, -0.05) is 26.7 Å². The Morgan fingerprint density at radius 2 is 1.78 bits per heavy atom. The lowest BCUT2D eigenvalue weighted by atomic mass is 9.97. The van der Waals surface area contributed by atoms with Crippen LogP contribution < -0.4 is 0 Å². The maximum Gasteiger partial charge on any atom is 0.328 e. The highest BCUT2D eigenvalue weighted by atomic mass is 32.2. The molecule has 2 atom stereocenters. The summed E-state index contributed by atoms with van der Waals surface area (Å²) < 4.78 is 32.1. The van der Waals surface area contributed by atoms with Crippen molar-refractivity contribution >= 4 is 21.9 Å². The van der Waals surface area contributed by atoms with Crippen molar-refractivity contribution in [2.24, 2.45) is 11.8 Å². The van der Waals surface area contributed by atoms with Gasteiger partial charge in [0.05, 0.1) is 13.0 Å². The molecule has 0 aliphatic carbocycles. The summed E-state index contributed by atoms with van der Waals surface area (Å²) in [4.78, 5) is 28.1. The zero-order valence-corrected chi connectivity index (χ0v) is 17.9. The molecule has 0 unspecified atom stereocenters. The number of carbonyl (C=O) groups is 2. The number of esters is 1. The molecular weight excluding hydrogens is 370 g/mol. The van der Waals surface area contributed by atoms with Gasteiger partial charge in [-0.25, -0.2) is 13.2 Å². The molecule has 2 rings (SSSR count). The van der Waals surface area contributed by atoms with Crippen molar-refractivity contribution in [3.05, 3.63) is 0 Å². The van der Waals surface area contributed by atoms with Gasteiger partial charge in [-0.3, -0.25) is 9.69 Å². The maximum absolute atomic E-state index is 13.0. The fourth-order valence-electron chi connectivity index (χ4n) is 4.00. The minimum Gasteiger partial charge on any atom is -0.467 e. The minimum absolute atomic E-state index is 0.0917.